The van der Waals surface area contributed by atoms with E-state index in [-0.39, 0.29) is 12.4 Å². The Balaban J connectivity index is 0.000000845. The molecule has 1 aromatic rings. The molecule has 0 radical (unpaired) electrons. The number of rotatable bonds is 2. The second-order valence-electron chi connectivity index (χ2n) is 2.92. The Labute approximate surface area is 88.9 Å². The van der Waals surface area contributed by atoms with Crippen molar-refractivity contribution in [3.63, 3.8) is 0 Å². The summed E-state index contributed by atoms with van der Waals surface area (Å²) < 4.78 is 0. The fraction of sp³-hybridized carbons (Fsp3) is 0.444. The summed E-state index contributed by atoms with van der Waals surface area (Å²) in [6.07, 6.45) is 4.99. The molecule has 1 fully saturated rings. The summed E-state index contributed by atoms with van der Waals surface area (Å²) in [5.41, 5.74) is 0. The zero-order valence-corrected chi connectivity index (χ0v) is 8.90. The van der Waals surface area contributed by atoms with Crippen molar-refractivity contribution in [3.05, 3.63) is 24.5 Å². The van der Waals surface area contributed by atoms with Crippen LogP contribution in [-0.2, 0) is 0 Å². The molecule has 2 nitrogen and oxygen atoms in total. The third kappa shape index (κ3) is 3.18. The van der Waals surface area contributed by atoms with Crippen molar-refractivity contribution < 1.29 is 0 Å². The van der Waals surface area contributed by atoms with Gasteiger partial charge in [-0.15, -0.1) is 24.2 Å². The molecular weight excluding hydrogens is 204 g/mol. The highest BCUT2D eigenvalue weighted by Gasteiger charge is 2.14. The molecule has 0 aromatic carbocycles. The van der Waals surface area contributed by atoms with Crippen molar-refractivity contribution in [2.75, 3.05) is 13.1 Å². The molecule has 1 saturated heterocycles. The fourth-order valence-corrected chi connectivity index (χ4v) is 2.44. The first-order valence-corrected chi connectivity index (χ1v) is 5.10. The minimum Gasteiger partial charge on any atom is -0.316 e. The van der Waals surface area contributed by atoms with Crippen molar-refractivity contribution >= 4 is 24.2 Å². The van der Waals surface area contributed by atoms with Crippen LogP contribution in [0, 0.1) is 0 Å². The van der Waals surface area contributed by atoms with Gasteiger partial charge in [-0.1, -0.05) is 0 Å². The van der Waals surface area contributed by atoms with E-state index in [1.807, 2.05) is 24.2 Å². The van der Waals surface area contributed by atoms with Gasteiger partial charge in [0.2, 0.25) is 0 Å². The lowest BCUT2D eigenvalue weighted by Crippen LogP contribution is -2.09. The van der Waals surface area contributed by atoms with Crippen molar-refractivity contribution in [2.24, 2.45) is 0 Å². The van der Waals surface area contributed by atoms with Gasteiger partial charge in [-0.3, -0.25) is 4.98 Å². The van der Waals surface area contributed by atoms with Crippen LogP contribution in [0.4, 0.5) is 0 Å². The standard InChI is InChI=1S/C9H12N2S.ClH/c1-4-10-5-2-8(1)12-9-3-6-11-7-9;/h1-2,4-5,9,11H,3,6-7H2;1H/t9-;/m1./s1. The minimum absolute atomic E-state index is 0. The van der Waals surface area contributed by atoms with E-state index in [1.165, 1.54) is 17.9 Å². The number of nitrogens with zero attached hydrogens (tertiary/aromatic N) is 1. The number of aromatic nitrogens is 1. The second kappa shape index (κ2) is 5.47. The summed E-state index contributed by atoms with van der Waals surface area (Å²) in [5, 5.41) is 4.11. The predicted molar refractivity (Wildman–Crippen MR) is 58.6 cm³/mol. The lowest BCUT2D eigenvalue weighted by Gasteiger charge is -2.06. The van der Waals surface area contributed by atoms with Gasteiger partial charge in [0.15, 0.2) is 0 Å². The molecule has 4 heteroatoms. The normalized spacial score (nSPS) is 21.1. The van der Waals surface area contributed by atoms with Crippen LogP contribution in [0.3, 0.4) is 0 Å². The van der Waals surface area contributed by atoms with Crippen LogP contribution in [0.15, 0.2) is 29.4 Å². The largest absolute Gasteiger partial charge is 0.316 e. The first-order valence-electron chi connectivity index (χ1n) is 4.22. The van der Waals surface area contributed by atoms with Crippen LogP contribution in [0.25, 0.3) is 0 Å². The summed E-state index contributed by atoms with van der Waals surface area (Å²) in [5.74, 6) is 0. The smallest absolute Gasteiger partial charge is 0.0278 e. The molecule has 1 N–H and O–H groups in total. The van der Waals surface area contributed by atoms with Crippen molar-refractivity contribution in [3.8, 4) is 0 Å². The Morgan fingerprint density at radius 2 is 2.15 bits per heavy atom. The van der Waals surface area contributed by atoms with Crippen LogP contribution >= 0.6 is 24.2 Å². The van der Waals surface area contributed by atoms with E-state index < -0.39 is 0 Å². The molecule has 1 atom stereocenters. The van der Waals surface area contributed by atoms with E-state index in [2.05, 4.69) is 22.4 Å². The zero-order valence-electron chi connectivity index (χ0n) is 7.27. The molecular formula is C9H13ClN2S. The SMILES string of the molecule is Cl.c1cc(S[C@@H]2CCNC2)ccn1. The molecule has 2 heterocycles. The molecule has 0 saturated carbocycles. The summed E-state index contributed by atoms with van der Waals surface area (Å²) in [6, 6.07) is 4.14. The van der Waals surface area contributed by atoms with Crippen LogP contribution in [-0.4, -0.2) is 23.3 Å². The van der Waals surface area contributed by atoms with E-state index in [4.69, 9.17) is 0 Å². The van der Waals surface area contributed by atoms with Gasteiger partial charge in [0.25, 0.3) is 0 Å². The average molecular weight is 217 g/mol. The minimum atomic E-state index is 0. The summed E-state index contributed by atoms with van der Waals surface area (Å²) in [6.45, 7) is 2.32. The molecule has 0 bridgehead atoms. The molecule has 13 heavy (non-hydrogen) atoms. The maximum Gasteiger partial charge on any atom is 0.0278 e. The van der Waals surface area contributed by atoms with Gasteiger partial charge >= 0.3 is 0 Å². The molecule has 1 aliphatic rings. The molecule has 2 rings (SSSR count). The number of thioether (sulfide) groups is 1. The summed E-state index contributed by atoms with van der Waals surface area (Å²) in [7, 11) is 0. The van der Waals surface area contributed by atoms with Crippen LogP contribution in [0.5, 0.6) is 0 Å². The van der Waals surface area contributed by atoms with Crippen molar-refractivity contribution in [2.45, 2.75) is 16.6 Å². The number of halogens is 1. The molecule has 1 aromatic heterocycles. The first-order chi connectivity index (χ1) is 5.95. The predicted octanol–water partition coefficient (Wildman–Crippen LogP) is 1.96. The van der Waals surface area contributed by atoms with Gasteiger partial charge in [0.1, 0.15) is 0 Å². The molecule has 0 aliphatic carbocycles. The maximum absolute atomic E-state index is 3.99. The zero-order chi connectivity index (χ0) is 8.23. The molecule has 0 amide bonds. The molecule has 0 unspecified atom stereocenters. The molecule has 1 aliphatic heterocycles. The lowest BCUT2D eigenvalue weighted by atomic mass is 10.4. The van der Waals surface area contributed by atoms with Crippen molar-refractivity contribution in [1.82, 2.24) is 10.3 Å². The third-order valence-electron chi connectivity index (χ3n) is 1.97. The Bertz CT molecular complexity index is 237. The number of hydrogen-bond acceptors (Lipinski definition) is 3. The van der Waals surface area contributed by atoms with E-state index in [0.29, 0.717) is 0 Å². The topological polar surface area (TPSA) is 24.9 Å². The van der Waals surface area contributed by atoms with Crippen LogP contribution < -0.4 is 5.32 Å². The van der Waals surface area contributed by atoms with Gasteiger partial charge in [0.05, 0.1) is 0 Å². The van der Waals surface area contributed by atoms with E-state index in [1.54, 1.807) is 0 Å². The summed E-state index contributed by atoms with van der Waals surface area (Å²) >= 11 is 1.95. The van der Waals surface area contributed by atoms with Gasteiger partial charge in [-0.05, 0) is 25.1 Å². The quantitative estimate of drug-likeness (QED) is 0.818. The Kier molecular flexibility index (Phi) is 4.56. The van der Waals surface area contributed by atoms with E-state index in [0.717, 1.165) is 11.8 Å². The first kappa shape index (κ1) is 10.8. The van der Waals surface area contributed by atoms with Crippen LogP contribution in [0.1, 0.15) is 6.42 Å². The number of pyridine rings is 1. The molecule has 72 valence electrons. The van der Waals surface area contributed by atoms with Crippen molar-refractivity contribution in [1.29, 1.82) is 0 Å². The van der Waals surface area contributed by atoms with E-state index in [9.17, 15) is 0 Å². The monoisotopic (exact) mass is 216 g/mol. The second-order valence-corrected chi connectivity index (χ2v) is 4.29. The van der Waals surface area contributed by atoms with Gasteiger partial charge in [0, 0.05) is 29.1 Å². The van der Waals surface area contributed by atoms with Gasteiger partial charge in [-0.25, -0.2) is 0 Å². The number of hydrogen-bond donors (Lipinski definition) is 1. The van der Waals surface area contributed by atoms with Gasteiger partial charge in [-0.2, -0.15) is 0 Å². The summed E-state index contributed by atoms with van der Waals surface area (Å²) in [4.78, 5) is 5.32. The van der Waals surface area contributed by atoms with E-state index >= 15 is 0 Å². The number of nitrogens with one attached hydrogen (secondary N) is 1. The highest BCUT2D eigenvalue weighted by molar-refractivity contribution is 8.00. The highest BCUT2D eigenvalue weighted by atomic mass is 35.5. The van der Waals surface area contributed by atoms with Gasteiger partial charge < -0.3 is 5.32 Å². The van der Waals surface area contributed by atoms with Crippen LogP contribution in [0.2, 0.25) is 0 Å². The maximum atomic E-state index is 3.99. The average Bonchev–Trinajstić information content (AvgIpc) is 2.59. The fourth-order valence-electron chi connectivity index (χ4n) is 1.34. The highest BCUT2D eigenvalue weighted by Crippen LogP contribution is 2.25. The molecule has 0 spiro atoms. The third-order valence-corrected chi connectivity index (χ3v) is 3.25. The Morgan fingerprint density at radius 1 is 1.38 bits per heavy atom. The Hall–Kier alpha value is -0.250. The lowest BCUT2D eigenvalue weighted by molar-refractivity contribution is 0.858. The Morgan fingerprint density at radius 3 is 2.77 bits per heavy atom.